The van der Waals surface area contributed by atoms with Crippen molar-refractivity contribution in [1.29, 1.82) is 0 Å². The van der Waals surface area contributed by atoms with Gasteiger partial charge in [-0.15, -0.1) is 11.3 Å². The molecule has 0 amide bonds. The zero-order chi connectivity index (χ0) is 11.9. The van der Waals surface area contributed by atoms with E-state index in [0.717, 1.165) is 12.5 Å². The Morgan fingerprint density at radius 1 is 1.47 bits per heavy atom. The molecule has 0 spiro atoms. The minimum Gasteiger partial charge on any atom is -0.314 e. The minimum absolute atomic E-state index is 0.665. The van der Waals surface area contributed by atoms with Crippen molar-refractivity contribution in [1.82, 2.24) is 10.3 Å². The lowest BCUT2D eigenvalue weighted by molar-refractivity contribution is 0.386. The van der Waals surface area contributed by atoms with Crippen LogP contribution < -0.4 is 5.32 Å². The van der Waals surface area contributed by atoms with E-state index in [1.54, 1.807) is 11.3 Å². The minimum atomic E-state index is 0.665. The zero-order valence-corrected chi connectivity index (χ0v) is 11.6. The van der Waals surface area contributed by atoms with Crippen molar-refractivity contribution in [3.05, 3.63) is 16.6 Å². The second-order valence-corrected chi connectivity index (χ2v) is 6.18. The Morgan fingerprint density at radius 3 is 2.94 bits per heavy atom. The van der Waals surface area contributed by atoms with Crippen molar-refractivity contribution in [3.63, 3.8) is 0 Å². The van der Waals surface area contributed by atoms with Gasteiger partial charge in [0.1, 0.15) is 0 Å². The van der Waals surface area contributed by atoms with Crippen molar-refractivity contribution >= 4 is 11.3 Å². The zero-order valence-electron chi connectivity index (χ0n) is 10.8. The van der Waals surface area contributed by atoms with Gasteiger partial charge in [0.2, 0.25) is 0 Å². The van der Waals surface area contributed by atoms with Gasteiger partial charge in [-0.25, -0.2) is 0 Å². The molecule has 0 aliphatic heterocycles. The number of rotatable bonds is 7. The molecular weight excluding hydrogens is 228 g/mol. The summed E-state index contributed by atoms with van der Waals surface area (Å²) in [5.41, 5.74) is 1.95. The monoisotopic (exact) mass is 252 g/mol. The lowest BCUT2D eigenvalue weighted by Gasteiger charge is -2.21. The third kappa shape index (κ3) is 4.40. The van der Waals surface area contributed by atoms with E-state index in [2.05, 4.69) is 17.2 Å². The molecule has 2 rings (SSSR count). The number of hydrogen-bond donors (Lipinski definition) is 1. The van der Waals surface area contributed by atoms with E-state index in [4.69, 9.17) is 0 Å². The maximum atomic E-state index is 4.18. The van der Waals surface area contributed by atoms with Gasteiger partial charge in [-0.3, -0.25) is 4.98 Å². The molecule has 0 radical (unpaired) electrons. The van der Waals surface area contributed by atoms with Crippen molar-refractivity contribution in [2.75, 3.05) is 6.54 Å². The SMILES string of the molecule is CCCNC(Cc1cncs1)CC1CCCC1. The largest absolute Gasteiger partial charge is 0.314 e. The molecule has 1 heterocycles. The van der Waals surface area contributed by atoms with Crippen LogP contribution >= 0.6 is 11.3 Å². The molecule has 1 N–H and O–H groups in total. The van der Waals surface area contributed by atoms with Crippen LogP contribution in [0.5, 0.6) is 0 Å². The molecule has 2 nitrogen and oxygen atoms in total. The van der Waals surface area contributed by atoms with Gasteiger partial charge in [0.05, 0.1) is 5.51 Å². The standard InChI is InChI=1S/C14H24N2S/c1-2-7-16-13(8-12-5-3-4-6-12)9-14-10-15-11-17-14/h10-13,16H,2-9H2,1H3. The second-order valence-electron chi connectivity index (χ2n) is 5.21. The van der Waals surface area contributed by atoms with Crippen LogP contribution in [0.1, 0.15) is 50.3 Å². The lowest BCUT2D eigenvalue weighted by Crippen LogP contribution is -2.33. The first-order valence-corrected chi connectivity index (χ1v) is 7.87. The van der Waals surface area contributed by atoms with E-state index >= 15 is 0 Å². The molecule has 96 valence electrons. The fourth-order valence-corrected chi connectivity index (χ4v) is 3.50. The van der Waals surface area contributed by atoms with Crippen molar-refractivity contribution in [3.8, 4) is 0 Å². The maximum Gasteiger partial charge on any atom is 0.0794 e. The van der Waals surface area contributed by atoms with Crippen LogP contribution in [0.25, 0.3) is 0 Å². The number of aromatic nitrogens is 1. The highest BCUT2D eigenvalue weighted by Gasteiger charge is 2.20. The molecule has 1 unspecified atom stereocenters. The molecule has 17 heavy (non-hydrogen) atoms. The van der Waals surface area contributed by atoms with Gasteiger partial charge in [0.25, 0.3) is 0 Å². The Kier molecular flexibility index (Phi) is 5.46. The first kappa shape index (κ1) is 13.0. The predicted octanol–water partition coefficient (Wildman–Crippen LogP) is 3.63. The summed E-state index contributed by atoms with van der Waals surface area (Å²) in [6.45, 7) is 3.39. The summed E-state index contributed by atoms with van der Waals surface area (Å²) in [7, 11) is 0. The Morgan fingerprint density at radius 2 is 2.29 bits per heavy atom. The van der Waals surface area contributed by atoms with E-state index in [1.807, 2.05) is 11.7 Å². The van der Waals surface area contributed by atoms with Gasteiger partial charge in [-0.1, -0.05) is 32.6 Å². The molecule has 1 fully saturated rings. The predicted molar refractivity (Wildman–Crippen MR) is 74.5 cm³/mol. The van der Waals surface area contributed by atoms with Gasteiger partial charge < -0.3 is 5.32 Å². The fraction of sp³-hybridized carbons (Fsp3) is 0.786. The first-order chi connectivity index (χ1) is 8.38. The molecule has 1 aliphatic rings. The van der Waals surface area contributed by atoms with Crippen molar-refractivity contribution in [2.45, 2.75) is 57.9 Å². The average Bonchev–Trinajstić information content (AvgIpc) is 2.99. The number of nitrogens with one attached hydrogen (secondary N) is 1. The van der Waals surface area contributed by atoms with Crippen molar-refractivity contribution < 1.29 is 0 Å². The van der Waals surface area contributed by atoms with Gasteiger partial charge in [0, 0.05) is 17.1 Å². The summed E-state index contributed by atoms with van der Waals surface area (Å²) in [4.78, 5) is 5.61. The highest BCUT2D eigenvalue weighted by Crippen LogP contribution is 2.29. The van der Waals surface area contributed by atoms with Crippen LogP contribution in [0, 0.1) is 5.92 Å². The van der Waals surface area contributed by atoms with Crippen LogP contribution in [0.15, 0.2) is 11.7 Å². The topological polar surface area (TPSA) is 24.9 Å². The maximum absolute atomic E-state index is 4.18. The fourth-order valence-electron chi connectivity index (χ4n) is 2.82. The molecular formula is C14H24N2S. The molecule has 1 aliphatic carbocycles. The van der Waals surface area contributed by atoms with E-state index in [0.29, 0.717) is 6.04 Å². The molecule has 0 aromatic carbocycles. The van der Waals surface area contributed by atoms with Crippen LogP contribution in [-0.4, -0.2) is 17.6 Å². The summed E-state index contributed by atoms with van der Waals surface area (Å²) in [6.07, 6.45) is 11.6. The molecule has 1 aromatic rings. The molecule has 0 bridgehead atoms. The van der Waals surface area contributed by atoms with Crippen LogP contribution in [0.3, 0.4) is 0 Å². The quantitative estimate of drug-likeness (QED) is 0.801. The molecule has 1 saturated carbocycles. The van der Waals surface area contributed by atoms with E-state index in [-0.39, 0.29) is 0 Å². The normalized spacial score (nSPS) is 18.6. The van der Waals surface area contributed by atoms with Crippen molar-refractivity contribution in [2.24, 2.45) is 5.92 Å². The Balaban J connectivity index is 1.83. The highest BCUT2D eigenvalue weighted by atomic mass is 32.1. The molecule has 0 saturated heterocycles. The van der Waals surface area contributed by atoms with Gasteiger partial charge >= 0.3 is 0 Å². The average molecular weight is 252 g/mol. The molecule has 1 aromatic heterocycles. The summed E-state index contributed by atoms with van der Waals surface area (Å²) < 4.78 is 0. The van der Waals surface area contributed by atoms with Gasteiger partial charge in [0.15, 0.2) is 0 Å². The van der Waals surface area contributed by atoms with E-state index < -0.39 is 0 Å². The van der Waals surface area contributed by atoms with Crippen LogP contribution in [0.2, 0.25) is 0 Å². The second kappa shape index (κ2) is 7.12. The molecule has 3 heteroatoms. The number of nitrogens with zero attached hydrogens (tertiary/aromatic N) is 1. The lowest BCUT2D eigenvalue weighted by atomic mass is 9.96. The third-order valence-corrected chi connectivity index (χ3v) is 4.51. The van der Waals surface area contributed by atoms with E-state index in [1.165, 1.54) is 49.8 Å². The third-order valence-electron chi connectivity index (χ3n) is 3.71. The van der Waals surface area contributed by atoms with Crippen LogP contribution in [0.4, 0.5) is 0 Å². The summed E-state index contributed by atoms with van der Waals surface area (Å²) >= 11 is 1.79. The first-order valence-electron chi connectivity index (χ1n) is 6.99. The Labute approximate surface area is 109 Å². The summed E-state index contributed by atoms with van der Waals surface area (Å²) in [5, 5.41) is 3.71. The Bertz CT molecular complexity index is 291. The number of thiazole rings is 1. The summed E-state index contributed by atoms with van der Waals surface area (Å²) in [6, 6.07) is 0.665. The Hall–Kier alpha value is -0.410. The summed E-state index contributed by atoms with van der Waals surface area (Å²) in [5.74, 6) is 0.970. The van der Waals surface area contributed by atoms with Gasteiger partial charge in [-0.2, -0.15) is 0 Å². The highest BCUT2D eigenvalue weighted by molar-refractivity contribution is 7.09. The van der Waals surface area contributed by atoms with Gasteiger partial charge in [-0.05, 0) is 31.7 Å². The van der Waals surface area contributed by atoms with Crippen LogP contribution in [-0.2, 0) is 6.42 Å². The number of hydrogen-bond acceptors (Lipinski definition) is 3. The smallest absolute Gasteiger partial charge is 0.0794 e. The van der Waals surface area contributed by atoms with E-state index in [9.17, 15) is 0 Å². The molecule has 1 atom stereocenters.